The van der Waals surface area contributed by atoms with Crippen molar-refractivity contribution in [2.24, 2.45) is 0 Å². The summed E-state index contributed by atoms with van der Waals surface area (Å²) in [6, 6.07) is 11.4. The predicted octanol–water partition coefficient (Wildman–Crippen LogP) is 2.28. The fourth-order valence-corrected chi connectivity index (χ4v) is 2.12. The van der Waals surface area contributed by atoms with Gasteiger partial charge in [0.1, 0.15) is 11.6 Å². The quantitative estimate of drug-likeness (QED) is 0.802. The molecule has 0 atom stereocenters. The SMILES string of the molecule is COc1ccc(N(C)CCNC(=O)c2cc(F)ccc2N)cc1. The molecule has 5 nitrogen and oxygen atoms in total. The maximum absolute atomic E-state index is 13.2. The maximum atomic E-state index is 13.2. The average molecular weight is 317 g/mol. The Morgan fingerprint density at radius 1 is 1.26 bits per heavy atom. The van der Waals surface area contributed by atoms with Gasteiger partial charge in [0.15, 0.2) is 0 Å². The topological polar surface area (TPSA) is 67.6 Å². The van der Waals surface area contributed by atoms with E-state index >= 15 is 0 Å². The molecule has 0 spiro atoms. The van der Waals surface area contributed by atoms with Crippen molar-refractivity contribution >= 4 is 17.3 Å². The van der Waals surface area contributed by atoms with E-state index in [0.717, 1.165) is 17.5 Å². The van der Waals surface area contributed by atoms with Gasteiger partial charge in [-0.2, -0.15) is 0 Å². The van der Waals surface area contributed by atoms with Crippen LogP contribution in [0.5, 0.6) is 5.75 Å². The minimum absolute atomic E-state index is 0.150. The Morgan fingerprint density at radius 3 is 2.61 bits per heavy atom. The number of hydrogen-bond acceptors (Lipinski definition) is 4. The standard InChI is InChI=1S/C17H20FN3O2/c1-21(13-4-6-14(23-2)7-5-13)10-9-20-17(22)15-11-12(18)3-8-16(15)19/h3-8,11H,9-10,19H2,1-2H3,(H,20,22). The third-order valence-corrected chi connectivity index (χ3v) is 3.51. The van der Waals surface area contributed by atoms with Gasteiger partial charge in [-0.05, 0) is 42.5 Å². The highest BCUT2D eigenvalue weighted by Gasteiger charge is 2.10. The lowest BCUT2D eigenvalue weighted by molar-refractivity contribution is 0.0955. The van der Waals surface area contributed by atoms with Crippen LogP contribution in [0.1, 0.15) is 10.4 Å². The van der Waals surface area contributed by atoms with Crippen molar-refractivity contribution in [1.29, 1.82) is 0 Å². The number of benzene rings is 2. The molecule has 2 aromatic carbocycles. The molecule has 1 amide bonds. The Bertz CT molecular complexity index is 674. The lowest BCUT2D eigenvalue weighted by Crippen LogP contribution is -2.33. The van der Waals surface area contributed by atoms with Crippen LogP contribution in [0.4, 0.5) is 15.8 Å². The Hall–Kier alpha value is -2.76. The molecule has 0 aromatic heterocycles. The molecule has 0 aliphatic rings. The summed E-state index contributed by atoms with van der Waals surface area (Å²) in [5.41, 5.74) is 7.10. The molecule has 2 aromatic rings. The number of rotatable bonds is 6. The first-order valence-electron chi connectivity index (χ1n) is 7.19. The van der Waals surface area contributed by atoms with Gasteiger partial charge in [0.25, 0.3) is 5.91 Å². The number of likely N-dealkylation sites (N-methyl/N-ethyl adjacent to an activating group) is 1. The number of amides is 1. The van der Waals surface area contributed by atoms with E-state index in [1.165, 1.54) is 12.1 Å². The predicted molar refractivity (Wildman–Crippen MR) is 89.4 cm³/mol. The van der Waals surface area contributed by atoms with Gasteiger partial charge in [0, 0.05) is 31.5 Å². The van der Waals surface area contributed by atoms with Crippen LogP contribution in [0.3, 0.4) is 0 Å². The summed E-state index contributed by atoms with van der Waals surface area (Å²) in [4.78, 5) is 14.0. The second-order valence-electron chi connectivity index (χ2n) is 5.11. The second-order valence-corrected chi connectivity index (χ2v) is 5.11. The molecule has 6 heteroatoms. The van der Waals surface area contributed by atoms with Crippen LogP contribution >= 0.6 is 0 Å². The Morgan fingerprint density at radius 2 is 1.96 bits per heavy atom. The Balaban J connectivity index is 1.88. The van der Waals surface area contributed by atoms with Gasteiger partial charge in [-0.3, -0.25) is 4.79 Å². The number of hydrogen-bond donors (Lipinski definition) is 2. The highest BCUT2D eigenvalue weighted by Crippen LogP contribution is 2.17. The first kappa shape index (κ1) is 16.6. The van der Waals surface area contributed by atoms with Crippen LogP contribution in [0, 0.1) is 5.82 Å². The normalized spacial score (nSPS) is 10.2. The number of nitrogens with two attached hydrogens (primary N) is 1. The van der Waals surface area contributed by atoms with Crippen molar-refractivity contribution in [3.8, 4) is 5.75 Å². The first-order chi connectivity index (χ1) is 11.0. The minimum Gasteiger partial charge on any atom is -0.497 e. The minimum atomic E-state index is -0.486. The van der Waals surface area contributed by atoms with Crippen LogP contribution in [0.25, 0.3) is 0 Å². The van der Waals surface area contributed by atoms with Crippen molar-refractivity contribution < 1.29 is 13.9 Å². The van der Waals surface area contributed by atoms with E-state index in [-0.39, 0.29) is 17.2 Å². The van der Waals surface area contributed by atoms with E-state index in [1.807, 2.05) is 36.2 Å². The molecule has 0 heterocycles. The number of methoxy groups -OCH3 is 1. The van der Waals surface area contributed by atoms with Gasteiger partial charge in [-0.15, -0.1) is 0 Å². The van der Waals surface area contributed by atoms with Crippen molar-refractivity contribution in [1.82, 2.24) is 5.32 Å². The molecule has 3 N–H and O–H groups in total. The van der Waals surface area contributed by atoms with Gasteiger partial charge in [-0.25, -0.2) is 4.39 Å². The molecule has 0 aliphatic heterocycles. The van der Waals surface area contributed by atoms with Crippen LogP contribution < -0.4 is 20.7 Å². The third kappa shape index (κ3) is 4.35. The summed E-state index contributed by atoms with van der Waals surface area (Å²) in [7, 11) is 3.54. The molecule has 0 saturated heterocycles. The molecule has 23 heavy (non-hydrogen) atoms. The number of nitrogens with zero attached hydrogens (tertiary/aromatic N) is 1. The van der Waals surface area contributed by atoms with Crippen LogP contribution in [0.2, 0.25) is 0 Å². The fourth-order valence-electron chi connectivity index (χ4n) is 2.12. The molecule has 0 unspecified atom stereocenters. The Labute approximate surface area is 134 Å². The van der Waals surface area contributed by atoms with Crippen molar-refractivity contribution in [3.05, 3.63) is 53.8 Å². The van der Waals surface area contributed by atoms with E-state index in [1.54, 1.807) is 7.11 Å². The number of carbonyl (C=O) groups excluding carboxylic acids is 1. The number of nitrogens with one attached hydrogen (secondary N) is 1. The molecular formula is C17H20FN3O2. The smallest absolute Gasteiger partial charge is 0.253 e. The summed E-state index contributed by atoms with van der Waals surface area (Å²) in [5, 5.41) is 2.74. The van der Waals surface area contributed by atoms with Gasteiger partial charge < -0.3 is 20.7 Å². The van der Waals surface area contributed by atoms with Crippen LogP contribution in [-0.4, -0.2) is 33.2 Å². The molecule has 0 radical (unpaired) electrons. The summed E-state index contributed by atoms with van der Waals surface area (Å²) < 4.78 is 18.3. The molecule has 122 valence electrons. The van der Waals surface area contributed by atoms with Crippen molar-refractivity contribution in [3.63, 3.8) is 0 Å². The molecular weight excluding hydrogens is 297 g/mol. The van der Waals surface area contributed by atoms with E-state index < -0.39 is 5.82 Å². The third-order valence-electron chi connectivity index (χ3n) is 3.51. The van der Waals surface area contributed by atoms with Crippen molar-refractivity contribution in [2.75, 3.05) is 37.9 Å². The highest BCUT2D eigenvalue weighted by molar-refractivity contribution is 5.99. The van der Waals surface area contributed by atoms with Crippen LogP contribution in [-0.2, 0) is 0 Å². The zero-order valence-corrected chi connectivity index (χ0v) is 13.2. The zero-order valence-electron chi connectivity index (χ0n) is 13.2. The van der Waals surface area contributed by atoms with E-state index in [2.05, 4.69) is 5.32 Å². The first-order valence-corrected chi connectivity index (χ1v) is 7.19. The molecule has 0 saturated carbocycles. The lowest BCUT2D eigenvalue weighted by Gasteiger charge is -2.20. The highest BCUT2D eigenvalue weighted by atomic mass is 19.1. The van der Waals surface area contributed by atoms with Gasteiger partial charge in [0.2, 0.25) is 0 Å². The molecule has 0 aliphatic carbocycles. The number of carbonyl (C=O) groups is 1. The molecule has 0 bridgehead atoms. The van der Waals surface area contributed by atoms with Crippen molar-refractivity contribution in [2.45, 2.75) is 0 Å². The Kier molecular flexibility index (Phi) is 5.41. The molecule has 0 fully saturated rings. The summed E-state index contributed by atoms with van der Waals surface area (Å²) >= 11 is 0. The van der Waals surface area contributed by atoms with E-state index in [4.69, 9.17) is 10.5 Å². The fraction of sp³-hybridized carbons (Fsp3) is 0.235. The molecule has 2 rings (SSSR count). The number of anilines is 2. The summed E-state index contributed by atoms with van der Waals surface area (Å²) in [6.45, 7) is 1.02. The van der Waals surface area contributed by atoms with E-state index in [0.29, 0.717) is 13.1 Å². The van der Waals surface area contributed by atoms with Gasteiger partial charge >= 0.3 is 0 Å². The van der Waals surface area contributed by atoms with E-state index in [9.17, 15) is 9.18 Å². The van der Waals surface area contributed by atoms with Gasteiger partial charge in [-0.1, -0.05) is 0 Å². The second kappa shape index (κ2) is 7.49. The maximum Gasteiger partial charge on any atom is 0.253 e. The summed E-state index contributed by atoms with van der Waals surface area (Å²) in [6.07, 6.45) is 0. The largest absolute Gasteiger partial charge is 0.497 e. The monoisotopic (exact) mass is 317 g/mol. The zero-order chi connectivity index (χ0) is 16.8. The van der Waals surface area contributed by atoms with Crippen LogP contribution in [0.15, 0.2) is 42.5 Å². The number of ether oxygens (including phenoxy) is 1. The number of nitrogen functional groups attached to an aromatic ring is 1. The number of halogens is 1. The average Bonchev–Trinajstić information content (AvgIpc) is 2.56. The van der Waals surface area contributed by atoms with Gasteiger partial charge in [0.05, 0.1) is 12.7 Å². The lowest BCUT2D eigenvalue weighted by atomic mass is 10.1. The summed E-state index contributed by atoms with van der Waals surface area (Å²) in [5.74, 6) is -0.0816.